The van der Waals surface area contributed by atoms with Gasteiger partial charge in [-0.3, -0.25) is 0 Å². The molecule has 1 aromatic carbocycles. The summed E-state index contributed by atoms with van der Waals surface area (Å²) in [7, 11) is 1.55. The highest BCUT2D eigenvalue weighted by molar-refractivity contribution is 9.11. The van der Waals surface area contributed by atoms with Gasteiger partial charge in [0, 0.05) is 21.5 Å². The first-order valence-electron chi connectivity index (χ1n) is 7.43. The maximum Gasteiger partial charge on any atom is 0.173 e. The van der Waals surface area contributed by atoms with Gasteiger partial charge < -0.3 is 4.74 Å². The van der Waals surface area contributed by atoms with Gasteiger partial charge in [-0.05, 0) is 42.7 Å². The fraction of sp³-hybridized carbons (Fsp3) is 0.211. The molecule has 2 rings (SSSR count). The van der Waals surface area contributed by atoms with Crippen molar-refractivity contribution in [2.24, 2.45) is 4.99 Å². The normalized spacial score (nSPS) is 16.1. The maximum absolute atomic E-state index is 13.0. The molecule has 0 spiro atoms. The lowest BCUT2D eigenvalue weighted by Crippen LogP contribution is -1.95. The second-order valence-corrected chi connectivity index (χ2v) is 6.66. The third-order valence-corrected chi connectivity index (χ3v) is 4.51. The lowest BCUT2D eigenvalue weighted by molar-refractivity contribution is 0.422. The van der Waals surface area contributed by atoms with Crippen LogP contribution in [0.3, 0.4) is 0 Å². The molecule has 0 atom stereocenters. The van der Waals surface area contributed by atoms with Gasteiger partial charge in [0.25, 0.3) is 0 Å². The third-order valence-electron chi connectivity index (χ3n) is 3.49. The van der Waals surface area contributed by atoms with Gasteiger partial charge in [0.1, 0.15) is 5.82 Å². The molecule has 0 radical (unpaired) electrons. The zero-order valence-electron chi connectivity index (χ0n) is 13.5. The van der Waals surface area contributed by atoms with Crippen molar-refractivity contribution in [3.63, 3.8) is 0 Å². The third kappa shape index (κ3) is 5.18. The van der Waals surface area contributed by atoms with Gasteiger partial charge in [0.15, 0.2) is 6.40 Å². The summed E-state index contributed by atoms with van der Waals surface area (Å²) in [5.41, 5.74) is 3.67. The summed E-state index contributed by atoms with van der Waals surface area (Å²) in [5, 5.41) is 0.642. The Morgan fingerprint density at radius 3 is 2.75 bits per heavy atom. The highest BCUT2D eigenvalue weighted by Gasteiger charge is 2.13. The average Bonchev–Trinajstić information content (AvgIpc) is 2.75. The molecule has 0 heterocycles. The van der Waals surface area contributed by atoms with Crippen molar-refractivity contribution in [1.29, 1.82) is 0 Å². The smallest absolute Gasteiger partial charge is 0.173 e. The predicted octanol–water partition coefficient (Wildman–Crippen LogP) is 6.05. The molecule has 1 aromatic rings. The minimum atomic E-state index is -0.243. The average molecular weight is 411 g/mol. The van der Waals surface area contributed by atoms with Crippen LogP contribution in [0, 0.1) is 5.82 Å². The topological polar surface area (TPSA) is 21.6 Å². The number of methoxy groups -OCH3 is 1. The maximum atomic E-state index is 13.0. The van der Waals surface area contributed by atoms with E-state index in [4.69, 9.17) is 16.3 Å². The molecule has 0 saturated heterocycles. The quantitative estimate of drug-likeness (QED) is 0.428. The molecule has 0 aromatic heterocycles. The summed E-state index contributed by atoms with van der Waals surface area (Å²) in [6.07, 6.45) is 8.62. The van der Waals surface area contributed by atoms with Gasteiger partial charge in [-0.1, -0.05) is 51.8 Å². The van der Waals surface area contributed by atoms with Gasteiger partial charge in [-0.25, -0.2) is 9.38 Å². The molecule has 5 heteroatoms. The Bertz CT molecular complexity index is 745. The molecule has 0 unspecified atom stereocenters. The highest BCUT2D eigenvalue weighted by atomic mass is 79.9. The molecule has 0 aliphatic heterocycles. The summed E-state index contributed by atoms with van der Waals surface area (Å²) < 4.78 is 18.9. The number of hydrogen-bond donors (Lipinski definition) is 0. The van der Waals surface area contributed by atoms with Crippen LogP contribution >= 0.6 is 27.5 Å². The number of allylic oxidation sites excluding steroid dienone is 7. The molecule has 2 nitrogen and oxygen atoms in total. The van der Waals surface area contributed by atoms with E-state index in [0.29, 0.717) is 17.9 Å². The summed E-state index contributed by atoms with van der Waals surface area (Å²) in [6.45, 7) is 1.97. The fourth-order valence-corrected chi connectivity index (χ4v) is 2.95. The Balaban J connectivity index is 2.39. The van der Waals surface area contributed by atoms with Gasteiger partial charge in [-0.2, -0.15) is 0 Å². The second-order valence-electron chi connectivity index (χ2n) is 5.36. The number of aliphatic imine (C=N–C) groups is 1. The first-order valence-corrected chi connectivity index (χ1v) is 8.60. The predicted molar refractivity (Wildman–Crippen MR) is 102 cm³/mol. The van der Waals surface area contributed by atoms with Gasteiger partial charge in [0.2, 0.25) is 0 Å². The number of ether oxygens (including phenoxy) is 1. The van der Waals surface area contributed by atoms with Gasteiger partial charge in [0.05, 0.1) is 12.8 Å². The molecule has 0 fully saturated rings. The molecular formula is C19H18BrClFNO. The van der Waals surface area contributed by atoms with Crippen LogP contribution in [0.1, 0.15) is 18.9 Å². The molecule has 0 amide bonds. The first-order chi connectivity index (χ1) is 11.5. The van der Waals surface area contributed by atoms with E-state index in [-0.39, 0.29) is 5.82 Å². The summed E-state index contributed by atoms with van der Waals surface area (Å²) in [6, 6.07) is 6.44. The van der Waals surface area contributed by atoms with Crippen LogP contribution in [0.5, 0.6) is 0 Å². The Hall–Kier alpha value is -1.65. The van der Waals surface area contributed by atoms with Crippen LogP contribution in [-0.2, 0) is 11.2 Å². The van der Waals surface area contributed by atoms with Crippen LogP contribution in [-0.4, -0.2) is 13.5 Å². The number of hydrogen-bond acceptors (Lipinski definition) is 2. The molecular weight excluding hydrogens is 393 g/mol. The number of rotatable bonds is 5. The second kappa shape index (κ2) is 9.00. The number of halogens is 3. The Morgan fingerprint density at radius 1 is 1.38 bits per heavy atom. The van der Waals surface area contributed by atoms with Crippen molar-refractivity contribution in [2.45, 2.75) is 19.8 Å². The first kappa shape index (κ1) is 18.7. The zero-order valence-corrected chi connectivity index (χ0v) is 15.9. The van der Waals surface area contributed by atoms with Crippen molar-refractivity contribution in [3.8, 4) is 0 Å². The monoisotopic (exact) mass is 409 g/mol. The van der Waals surface area contributed by atoms with Crippen molar-refractivity contribution in [1.82, 2.24) is 0 Å². The lowest BCUT2D eigenvalue weighted by Gasteiger charge is -2.10. The van der Waals surface area contributed by atoms with Crippen LogP contribution in [0.25, 0.3) is 0 Å². The van der Waals surface area contributed by atoms with Crippen molar-refractivity contribution in [2.75, 3.05) is 7.11 Å². The highest BCUT2D eigenvalue weighted by Crippen LogP contribution is 2.32. The SMILES string of the molecule is CO/C=N/C1=C(C(/Cl)=C(\C)Cc2ccc(F)cc2)C=C(Br)C=CC1. The van der Waals surface area contributed by atoms with Crippen LogP contribution in [0.15, 0.2) is 73.8 Å². The summed E-state index contributed by atoms with van der Waals surface area (Å²) in [4.78, 5) is 4.35. The number of nitrogens with zero attached hydrogens (tertiary/aromatic N) is 1. The van der Waals surface area contributed by atoms with E-state index in [1.165, 1.54) is 18.5 Å². The Kier molecular flexibility index (Phi) is 7.00. The molecule has 24 heavy (non-hydrogen) atoms. The lowest BCUT2D eigenvalue weighted by atomic mass is 10.0. The Labute approximate surface area is 155 Å². The van der Waals surface area contributed by atoms with E-state index in [0.717, 1.165) is 26.9 Å². The molecule has 0 bridgehead atoms. The zero-order chi connectivity index (χ0) is 17.5. The van der Waals surface area contributed by atoms with E-state index in [2.05, 4.69) is 20.9 Å². The van der Waals surface area contributed by atoms with Crippen LogP contribution in [0.4, 0.5) is 4.39 Å². The largest absolute Gasteiger partial charge is 0.486 e. The molecule has 0 N–H and O–H groups in total. The van der Waals surface area contributed by atoms with Crippen LogP contribution < -0.4 is 0 Å². The Morgan fingerprint density at radius 2 is 2.08 bits per heavy atom. The van der Waals surface area contributed by atoms with Gasteiger partial charge in [-0.15, -0.1) is 0 Å². The van der Waals surface area contributed by atoms with Crippen LogP contribution in [0.2, 0.25) is 0 Å². The van der Waals surface area contributed by atoms with Crippen molar-refractivity contribution < 1.29 is 9.13 Å². The number of benzene rings is 1. The van der Waals surface area contributed by atoms with E-state index in [9.17, 15) is 4.39 Å². The van der Waals surface area contributed by atoms with E-state index in [1.807, 2.05) is 25.2 Å². The fourth-order valence-electron chi connectivity index (χ4n) is 2.31. The molecule has 126 valence electrons. The molecule has 1 aliphatic rings. The molecule has 0 saturated carbocycles. The van der Waals surface area contributed by atoms with Gasteiger partial charge >= 0.3 is 0 Å². The summed E-state index contributed by atoms with van der Waals surface area (Å²) >= 11 is 10.1. The van der Waals surface area contributed by atoms with E-state index in [1.54, 1.807) is 19.2 Å². The summed E-state index contributed by atoms with van der Waals surface area (Å²) in [5.74, 6) is -0.243. The minimum Gasteiger partial charge on any atom is -0.486 e. The standard InChI is InChI=1S/C19H18BrClFNO/c1-13(10-14-6-8-16(22)9-7-14)19(21)17-11-15(20)4-3-5-18(17)23-12-24-2/h3-4,6-9,11-12H,5,10H2,1-2H3/b19-13-,23-12+. The minimum absolute atomic E-state index is 0.243. The molecule has 1 aliphatic carbocycles. The van der Waals surface area contributed by atoms with E-state index >= 15 is 0 Å². The van der Waals surface area contributed by atoms with Crippen molar-refractivity contribution in [3.05, 3.63) is 80.2 Å². The van der Waals surface area contributed by atoms with E-state index < -0.39 is 0 Å². The van der Waals surface area contributed by atoms with Crippen molar-refractivity contribution >= 4 is 33.9 Å².